The highest BCUT2D eigenvalue weighted by molar-refractivity contribution is 7.84. The molecule has 1 aromatic rings. The SMILES string of the molecule is CC(CS(C)=O)NCc1ccc(/C(N)=N/O)cc1Cl. The van der Waals surface area contributed by atoms with Crippen molar-refractivity contribution in [2.45, 2.75) is 19.5 Å². The molecule has 2 atom stereocenters. The Kier molecular flexibility index (Phi) is 6.27. The minimum absolute atomic E-state index is 0.0242. The third-order valence-corrected chi connectivity index (χ3v) is 3.90. The van der Waals surface area contributed by atoms with E-state index in [-0.39, 0.29) is 11.9 Å². The Morgan fingerprint density at radius 1 is 1.63 bits per heavy atom. The minimum atomic E-state index is -0.826. The molecule has 0 saturated heterocycles. The van der Waals surface area contributed by atoms with E-state index in [2.05, 4.69) is 10.5 Å². The summed E-state index contributed by atoms with van der Waals surface area (Å²) in [5.41, 5.74) is 6.96. The molecule has 0 aliphatic rings. The lowest BCUT2D eigenvalue weighted by molar-refractivity contribution is 0.318. The Bertz CT molecular complexity index is 494. The van der Waals surface area contributed by atoms with E-state index >= 15 is 0 Å². The number of halogens is 1. The molecule has 0 aliphatic carbocycles. The molecule has 0 amide bonds. The van der Waals surface area contributed by atoms with E-state index in [1.165, 1.54) is 0 Å². The predicted molar refractivity (Wildman–Crippen MR) is 79.2 cm³/mol. The maximum Gasteiger partial charge on any atom is 0.170 e. The van der Waals surface area contributed by atoms with Gasteiger partial charge < -0.3 is 16.3 Å². The van der Waals surface area contributed by atoms with Crippen molar-refractivity contribution in [2.24, 2.45) is 10.9 Å². The molecule has 1 rings (SSSR count). The summed E-state index contributed by atoms with van der Waals surface area (Å²) in [6.45, 7) is 2.55. The molecule has 0 aliphatic heterocycles. The number of oxime groups is 1. The number of nitrogens with zero attached hydrogens (tertiary/aromatic N) is 1. The largest absolute Gasteiger partial charge is 0.409 e. The summed E-state index contributed by atoms with van der Waals surface area (Å²) in [5, 5.41) is 15.3. The molecular formula is C12H18ClN3O2S. The first-order valence-electron chi connectivity index (χ1n) is 5.73. The van der Waals surface area contributed by atoms with E-state index in [0.29, 0.717) is 22.9 Å². The van der Waals surface area contributed by atoms with Gasteiger partial charge in [0, 0.05) is 46.0 Å². The van der Waals surface area contributed by atoms with E-state index in [1.807, 2.05) is 13.0 Å². The van der Waals surface area contributed by atoms with Gasteiger partial charge in [-0.3, -0.25) is 4.21 Å². The van der Waals surface area contributed by atoms with E-state index < -0.39 is 10.8 Å². The van der Waals surface area contributed by atoms with Crippen LogP contribution in [0.3, 0.4) is 0 Å². The number of amidine groups is 1. The number of nitrogens with one attached hydrogen (secondary N) is 1. The molecule has 0 spiro atoms. The molecule has 5 nitrogen and oxygen atoms in total. The maximum absolute atomic E-state index is 11.1. The Hall–Kier alpha value is -1.11. The van der Waals surface area contributed by atoms with E-state index in [4.69, 9.17) is 22.5 Å². The highest BCUT2D eigenvalue weighted by Crippen LogP contribution is 2.18. The average molecular weight is 304 g/mol. The Morgan fingerprint density at radius 3 is 2.84 bits per heavy atom. The summed E-state index contributed by atoms with van der Waals surface area (Å²) >= 11 is 6.13. The Labute approximate surface area is 120 Å². The van der Waals surface area contributed by atoms with Crippen molar-refractivity contribution < 1.29 is 9.42 Å². The van der Waals surface area contributed by atoms with E-state index in [9.17, 15) is 4.21 Å². The molecule has 0 fully saturated rings. The number of hydrogen-bond acceptors (Lipinski definition) is 4. The fourth-order valence-electron chi connectivity index (χ4n) is 1.60. The molecule has 0 saturated carbocycles. The van der Waals surface area contributed by atoms with Gasteiger partial charge in [0.1, 0.15) is 0 Å². The second-order valence-electron chi connectivity index (χ2n) is 4.31. The molecule has 19 heavy (non-hydrogen) atoms. The highest BCUT2D eigenvalue weighted by atomic mass is 35.5. The van der Waals surface area contributed by atoms with Crippen molar-refractivity contribution in [2.75, 3.05) is 12.0 Å². The van der Waals surface area contributed by atoms with Crippen LogP contribution in [0.25, 0.3) is 0 Å². The Morgan fingerprint density at radius 2 is 2.32 bits per heavy atom. The van der Waals surface area contributed by atoms with Crippen molar-refractivity contribution in [3.63, 3.8) is 0 Å². The van der Waals surface area contributed by atoms with Crippen LogP contribution in [0.4, 0.5) is 0 Å². The number of rotatable bonds is 6. The molecule has 106 valence electrons. The molecule has 2 unspecified atom stereocenters. The standard InChI is InChI=1S/C12H18ClN3O2S/c1-8(7-19(2)18)15-6-10-4-3-9(5-11(10)13)12(14)16-17/h3-5,8,15,17H,6-7H2,1-2H3,(H2,14,16). The van der Waals surface area contributed by atoms with Crippen LogP contribution in [0.5, 0.6) is 0 Å². The first-order chi connectivity index (χ1) is 8.93. The molecule has 7 heteroatoms. The van der Waals surface area contributed by atoms with Crippen molar-refractivity contribution >= 4 is 28.2 Å². The molecular weight excluding hydrogens is 286 g/mol. The van der Waals surface area contributed by atoms with Crippen molar-refractivity contribution in [3.05, 3.63) is 34.3 Å². The molecule has 0 heterocycles. The zero-order chi connectivity index (χ0) is 14.4. The molecule has 0 radical (unpaired) electrons. The van der Waals surface area contributed by atoms with Crippen LogP contribution >= 0.6 is 11.6 Å². The fourth-order valence-corrected chi connectivity index (χ4v) is 2.67. The lowest BCUT2D eigenvalue weighted by Gasteiger charge is -2.13. The second kappa shape index (κ2) is 7.47. The van der Waals surface area contributed by atoms with Crippen LogP contribution in [-0.4, -0.2) is 33.3 Å². The summed E-state index contributed by atoms with van der Waals surface area (Å²) in [7, 11) is -0.826. The van der Waals surface area contributed by atoms with Gasteiger partial charge in [0.05, 0.1) is 0 Å². The summed E-state index contributed by atoms with van der Waals surface area (Å²) in [6.07, 6.45) is 1.68. The second-order valence-corrected chi connectivity index (χ2v) is 6.20. The van der Waals surface area contributed by atoms with Gasteiger partial charge in [0.25, 0.3) is 0 Å². The minimum Gasteiger partial charge on any atom is -0.409 e. The molecule has 0 bridgehead atoms. The van der Waals surface area contributed by atoms with Gasteiger partial charge in [0.15, 0.2) is 5.84 Å². The predicted octanol–water partition coefficient (Wildman–Crippen LogP) is 1.29. The van der Waals surface area contributed by atoms with E-state index in [1.54, 1.807) is 18.4 Å². The van der Waals surface area contributed by atoms with Crippen LogP contribution in [0.15, 0.2) is 23.4 Å². The normalized spacial score (nSPS) is 15.2. The summed E-state index contributed by atoms with van der Waals surface area (Å²) in [5.74, 6) is 0.621. The molecule has 4 N–H and O–H groups in total. The lowest BCUT2D eigenvalue weighted by atomic mass is 10.1. The number of hydrogen-bond donors (Lipinski definition) is 3. The van der Waals surface area contributed by atoms with Crippen LogP contribution in [-0.2, 0) is 17.3 Å². The molecule has 1 aromatic carbocycles. The zero-order valence-corrected chi connectivity index (χ0v) is 12.5. The zero-order valence-electron chi connectivity index (χ0n) is 10.9. The van der Waals surface area contributed by atoms with Crippen molar-refractivity contribution in [1.29, 1.82) is 0 Å². The van der Waals surface area contributed by atoms with Gasteiger partial charge in [-0.2, -0.15) is 0 Å². The fraction of sp³-hybridized carbons (Fsp3) is 0.417. The summed E-state index contributed by atoms with van der Waals surface area (Å²) in [4.78, 5) is 0. The van der Waals surface area contributed by atoms with Crippen LogP contribution in [0, 0.1) is 0 Å². The topological polar surface area (TPSA) is 87.7 Å². The summed E-state index contributed by atoms with van der Waals surface area (Å²) in [6, 6.07) is 5.35. The smallest absolute Gasteiger partial charge is 0.170 e. The van der Waals surface area contributed by atoms with Gasteiger partial charge in [-0.25, -0.2) is 0 Å². The van der Waals surface area contributed by atoms with Crippen LogP contribution in [0.2, 0.25) is 5.02 Å². The third-order valence-electron chi connectivity index (χ3n) is 2.58. The van der Waals surface area contributed by atoms with Gasteiger partial charge in [0.2, 0.25) is 0 Å². The van der Waals surface area contributed by atoms with Crippen molar-refractivity contribution in [3.8, 4) is 0 Å². The quantitative estimate of drug-likeness (QED) is 0.320. The van der Waals surface area contributed by atoms with Gasteiger partial charge in [-0.05, 0) is 18.6 Å². The van der Waals surface area contributed by atoms with Crippen molar-refractivity contribution in [1.82, 2.24) is 5.32 Å². The third kappa shape index (κ3) is 5.18. The maximum atomic E-state index is 11.1. The summed E-state index contributed by atoms with van der Waals surface area (Å²) < 4.78 is 11.1. The first-order valence-corrected chi connectivity index (χ1v) is 7.84. The van der Waals surface area contributed by atoms with Gasteiger partial charge in [-0.1, -0.05) is 28.9 Å². The van der Waals surface area contributed by atoms with Crippen LogP contribution < -0.4 is 11.1 Å². The van der Waals surface area contributed by atoms with E-state index in [0.717, 1.165) is 5.56 Å². The Balaban J connectivity index is 2.68. The van der Waals surface area contributed by atoms with Crippen LogP contribution in [0.1, 0.15) is 18.1 Å². The number of benzene rings is 1. The number of nitrogens with two attached hydrogens (primary N) is 1. The lowest BCUT2D eigenvalue weighted by Crippen LogP contribution is -2.30. The highest BCUT2D eigenvalue weighted by Gasteiger charge is 2.08. The average Bonchev–Trinajstić information content (AvgIpc) is 2.35. The van der Waals surface area contributed by atoms with Gasteiger partial charge >= 0.3 is 0 Å². The molecule has 0 aromatic heterocycles. The first kappa shape index (κ1) is 15.9. The van der Waals surface area contributed by atoms with Gasteiger partial charge in [-0.15, -0.1) is 0 Å². The monoisotopic (exact) mass is 303 g/mol.